The van der Waals surface area contributed by atoms with Gasteiger partial charge in [-0.05, 0) is 12.5 Å². The van der Waals surface area contributed by atoms with Gasteiger partial charge in [-0.1, -0.05) is 16.9 Å². The maximum absolute atomic E-state index is 12.9. The van der Waals surface area contributed by atoms with Gasteiger partial charge in [0.15, 0.2) is 15.2 Å². The number of hydrogen-bond acceptors (Lipinski definition) is 15. The molecule has 2 aliphatic rings. The molecule has 196 valence electrons. The van der Waals surface area contributed by atoms with E-state index in [2.05, 4.69) is 20.4 Å². The van der Waals surface area contributed by atoms with Gasteiger partial charge in [0.25, 0.3) is 11.8 Å². The number of aromatic nitrogens is 2. The molecule has 0 radical (unpaired) electrons. The molecule has 2 atom stereocenters. The van der Waals surface area contributed by atoms with E-state index in [9.17, 15) is 29.4 Å². The Kier molecular flexibility index (Phi) is 12.8. The van der Waals surface area contributed by atoms with E-state index in [4.69, 9.17) is 10.6 Å². The van der Waals surface area contributed by atoms with Gasteiger partial charge in [0.05, 0.1) is 17.4 Å². The van der Waals surface area contributed by atoms with E-state index < -0.39 is 35.2 Å². The fourth-order valence-electron chi connectivity index (χ4n) is 3.59. The monoisotopic (exact) mass is 628 g/mol. The molecule has 2 unspecified atom stereocenters. The molecule has 39 heavy (non-hydrogen) atoms. The van der Waals surface area contributed by atoms with Gasteiger partial charge in [-0.25, -0.2) is 9.97 Å². The van der Waals surface area contributed by atoms with Gasteiger partial charge in [0, 0.05) is 34.2 Å². The number of carbonyl (C=O) groups excluding carboxylic acids is 4. The number of carboxylic acid groups (broad SMARTS) is 2. The SMILES string of the molecule is CO/N=C(/C(=O)NC1C(=O)N2C(C(=O)[O-])=C(CSc3nc(C)c(CC(=O)[O-])s3)CSC12)c1csc(N)n1.[Na+].[Na+]. The summed E-state index contributed by atoms with van der Waals surface area (Å²) < 4.78 is 0.568. The van der Waals surface area contributed by atoms with Crippen molar-refractivity contribution in [1.29, 1.82) is 0 Å². The van der Waals surface area contributed by atoms with Gasteiger partial charge in [-0.2, -0.15) is 0 Å². The molecule has 13 nitrogen and oxygen atoms in total. The zero-order chi connectivity index (χ0) is 26.9. The van der Waals surface area contributed by atoms with E-state index in [-0.39, 0.29) is 99.3 Å². The summed E-state index contributed by atoms with van der Waals surface area (Å²) in [6.45, 7) is 1.69. The third-order valence-corrected chi connectivity index (χ3v) is 9.64. The first-order chi connectivity index (χ1) is 17.6. The summed E-state index contributed by atoms with van der Waals surface area (Å²) in [4.78, 5) is 63.4. The molecule has 1 fully saturated rings. The maximum Gasteiger partial charge on any atom is 1.00 e. The number of oxime groups is 1. The second-order valence-corrected chi connectivity index (χ2v) is 11.9. The fraction of sp³-hybridized carbons (Fsp3) is 0.350. The van der Waals surface area contributed by atoms with Crippen molar-refractivity contribution in [3.63, 3.8) is 0 Å². The van der Waals surface area contributed by atoms with Gasteiger partial charge in [0.2, 0.25) is 0 Å². The maximum atomic E-state index is 12.9. The number of nitrogens with zero attached hydrogens (tertiary/aromatic N) is 4. The molecule has 2 amide bonds. The minimum atomic E-state index is -1.51. The fourth-order valence-corrected chi connectivity index (χ4v) is 7.84. The zero-order valence-corrected chi connectivity index (χ0v) is 28.5. The Labute approximate surface area is 283 Å². The number of amides is 2. The number of aryl methyl sites for hydroxylation is 1. The minimum absolute atomic E-state index is 0. The first-order valence-electron chi connectivity index (χ1n) is 10.4. The summed E-state index contributed by atoms with van der Waals surface area (Å²) in [5.74, 6) is -3.58. The Hall–Kier alpha value is -1.15. The Bertz CT molecular complexity index is 1350. The Morgan fingerprint density at radius 1 is 1.31 bits per heavy atom. The number of nitrogens with two attached hydrogens (primary N) is 1. The van der Waals surface area contributed by atoms with Crippen molar-refractivity contribution in [2.75, 3.05) is 24.3 Å². The van der Waals surface area contributed by atoms with Crippen LogP contribution in [0.1, 0.15) is 16.3 Å². The van der Waals surface area contributed by atoms with Crippen LogP contribution in [0.3, 0.4) is 0 Å². The average molecular weight is 629 g/mol. The van der Waals surface area contributed by atoms with Crippen LogP contribution in [-0.4, -0.2) is 74.4 Å². The summed E-state index contributed by atoms with van der Waals surface area (Å²) in [5, 5.41) is 30.2. The summed E-state index contributed by atoms with van der Waals surface area (Å²) in [6.07, 6.45) is -0.253. The molecule has 4 rings (SSSR count). The molecule has 19 heteroatoms. The summed E-state index contributed by atoms with van der Waals surface area (Å²) in [5.41, 5.74) is 6.41. The van der Waals surface area contributed by atoms with Gasteiger partial charge >= 0.3 is 59.1 Å². The number of rotatable bonds is 10. The molecule has 0 aromatic carbocycles. The molecule has 0 spiro atoms. The van der Waals surface area contributed by atoms with E-state index in [1.54, 1.807) is 6.92 Å². The molecule has 2 aromatic rings. The molecule has 2 aliphatic heterocycles. The molecule has 1 saturated heterocycles. The Balaban J connectivity index is 0.00000267. The van der Waals surface area contributed by atoms with Crippen molar-refractivity contribution in [3.05, 3.63) is 32.9 Å². The topological polar surface area (TPSA) is 203 Å². The number of fused-ring (bicyclic) bond motifs is 1. The summed E-state index contributed by atoms with van der Waals surface area (Å²) in [6, 6.07) is -0.993. The van der Waals surface area contributed by atoms with Gasteiger partial charge in [-0.3, -0.25) is 14.5 Å². The quantitative estimate of drug-likeness (QED) is 0.0829. The average Bonchev–Trinajstić information content (AvgIpc) is 3.42. The van der Waals surface area contributed by atoms with Crippen molar-refractivity contribution in [1.82, 2.24) is 20.2 Å². The van der Waals surface area contributed by atoms with E-state index >= 15 is 0 Å². The standard InChI is InChI=1S/C20H20N6O7S4.2Na/c1-7-10(3-11(27)28)37-20(22-7)36-5-8-4-34-17-13(16(30)26(17)14(8)18(31)32)24-15(29)12(25-33-2)9-6-35-19(21)23-9;;/h6,13,17H,3-5H2,1-2H3,(H2,21,23)(H,24,29)(H,27,28)(H,31,32);;/q;2*+1/p-2/b25-12+;;. The number of aliphatic carboxylic acids is 2. The first-order valence-corrected chi connectivity index (χ1v) is 14.1. The van der Waals surface area contributed by atoms with Crippen LogP contribution in [0.5, 0.6) is 0 Å². The van der Waals surface area contributed by atoms with Crippen molar-refractivity contribution >= 4 is 80.8 Å². The van der Waals surface area contributed by atoms with E-state index in [1.807, 2.05) is 0 Å². The Morgan fingerprint density at radius 3 is 2.62 bits per heavy atom. The van der Waals surface area contributed by atoms with Crippen LogP contribution < -0.4 is 80.4 Å². The third-order valence-electron chi connectivity index (χ3n) is 5.24. The van der Waals surface area contributed by atoms with Gasteiger partial charge in [-0.15, -0.1) is 34.4 Å². The van der Waals surface area contributed by atoms with Crippen molar-refractivity contribution in [2.45, 2.75) is 29.1 Å². The molecule has 0 aliphatic carbocycles. The number of thioether (sulfide) groups is 2. The number of nitrogens with one attached hydrogen (secondary N) is 1. The van der Waals surface area contributed by atoms with Crippen LogP contribution >= 0.6 is 46.2 Å². The molecule has 2 aromatic heterocycles. The first kappa shape index (κ1) is 34.1. The number of nitrogen functional groups attached to an aromatic ring is 1. The van der Waals surface area contributed by atoms with Crippen LogP contribution in [0.25, 0.3) is 0 Å². The van der Waals surface area contributed by atoms with Crippen molar-refractivity contribution < 1.29 is 93.3 Å². The molecule has 0 bridgehead atoms. The molecule has 4 heterocycles. The van der Waals surface area contributed by atoms with Crippen molar-refractivity contribution in [2.24, 2.45) is 5.16 Å². The predicted molar refractivity (Wildman–Crippen MR) is 133 cm³/mol. The number of carbonyl (C=O) groups is 4. The van der Waals surface area contributed by atoms with Crippen LogP contribution in [0.2, 0.25) is 0 Å². The second-order valence-electron chi connectivity index (χ2n) is 7.62. The smallest absolute Gasteiger partial charge is 0.550 e. The molecule has 3 N–H and O–H groups in total. The summed E-state index contributed by atoms with van der Waals surface area (Å²) >= 11 is 4.83. The van der Waals surface area contributed by atoms with Crippen LogP contribution in [0, 0.1) is 6.92 Å². The number of β-lactam (4-membered cyclic amide) rings is 1. The molecular formula is C20H18N6Na2O7S4. The second kappa shape index (κ2) is 14.7. The molecular weight excluding hydrogens is 611 g/mol. The zero-order valence-electron chi connectivity index (χ0n) is 21.2. The number of anilines is 1. The van der Waals surface area contributed by atoms with E-state index in [0.29, 0.717) is 20.5 Å². The number of thiazole rings is 2. The third kappa shape index (κ3) is 7.58. The minimum Gasteiger partial charge on any atom is -0.550 e. The van der Waals surface area contributed by atoms with Gasteiger partial charge in [0.1, 0.15) is 24.2 Å². The number of carboxylic acids is 2. The van der Waals surface area contributed by atoms with Crippen molar-refractivity contribution in [3.8, 4) is 0 Å². The van der Waals surface area contributed by atoms with E-state index in [1.165, 1.54) is 47.4 Å². The van der Waals surface area contributed by atoms with E-state index in [0.717, 1.165) is 16.2 Å². The largest absolute Gasteiger partial charge is 1.00 e. The number of hydrogen-bond donors (Lipinski definition) is 2. The van der Waals surface area contributed by atoms with Crippen LogP contribution in [0.4, 0.5) is 5.13 Å². The summed E-state index contributed by atoms with van der Waals surface area (Å²) in [7, 11) is 1.25. The normalized spacial score (nSPS) is 18.4. The predicted octanol–water partition coefficient (Wildman–Crippen LogP) is -7.66. The van der Waals surface area contributed by atoms with Gasteiger partial charge < -0.3 is 35.7 Å². The van der Waals surface area contributed by atoms with Crippen LogP contribution in [-0.2, 0) is 30.4 Å². The Morgan fingerprint density at radius 2 is 2.03 bits per heavy atom. The van der Waals surface area contributed by atoms with Crippen LogP contribution in [0.15, 0.2) is 26.1 Å². The molecule has 0 saturated carbocycles.